The Labute approximate surface area is 105 Å². The first-order valence-electron chi connectivity index (χ1n) is 5.25. The fourth-order valence-electron chi connectivity index (χ4n) is 1.77. The van der Waals surface area contributed by atoms with Gasteiger partial charge in [0.2, 0.25) is 0 Å². The largest absolute Gasteiger partial charge is 0.271 e. The third-order valence-electron chi connectivity index (χ3n) is 2.61. The van der Waals surface area contributed by atoms with E-state index in [2.05, 4.69) is 15.5 Å². The van der Waals surface area contributed by atoms with E-state index in [0.717, 1.165) is 11.4 Å². The Morgan fingerprint density at radius 3 is 2.88 bits per heavy atom. The molecule has 0 aromatic carbocycles. The molecule has 6 heteroatoms. The van der Waals surface area contributed by atoms with Gasteiger partial charge in [-0.15, -0.1) is 0 Å². The summed E-state index contributed by atoms with van der Waals surface area (Å²) < 4.78 is 1.72. The summed E-state index contributed by atoms with van der Waals surface area (Å²) in [7, 11) is 1.84. The molecule has 2 aromatic rings. The monoisotopic (exact) mass is 251 g/mol. The first kappa shape index (κ1) is 12.0. The zero-order chi connectivity index (χ0) is 12.3. The van der Waals surface area contributed by atoms with Crippen LogP contribution in [0.4, 0.5) is 0 Å². The van der Waals surface area contributed by atoms with Crippen LogP contribution in [-0.4, -0.2) is 14.8 Å². The van der Waals surface area contributed by atoms with Crippen LogP contribution < -0.4 is 11.3 Å². The number of nitrogens with zero attached hydrogens (tertiary/aromatic N) is 3. The highest BCUT2D eigenvalue weighted by Gasteiger charge is 2.18. The van der Waals surface area contributed by atoms with Crippen molar-refractivity contribution in [3.8, 4) is 0 Å². The average molecular weight is 252 g/mol. The quantitative estimate of drug-likeness (QED) is 0.633. The first-order chi connectivity index (χ1) is 8.22. The highest BCUT2D eigenvalue weighted by atomic mass is 35.5. The summed E-state index contributed by atoms with van der Waals surface area (Å²) in [6.45, 7) is 0. The van der Waals surface area contributed by atoms with Crippen molar-refractivity contribution in [1.29, 1.82) is 0 Å². The molecule has 0 aliphatic heterocycles. The van der Waals surface area contributed by atoms with E-state index in [9.17, 15) is 0 Å². The molecule has 5 nitrogen and oxygen atoms in total. The number of pyridine rings is 1. The highest BCUT2D eigenvalue weighted by Crippen LogP contribution is 2.23. The van der Waals surface area contributed by atoms with Crippen molar-refractivity contribution in [2.75, 3.05) is 0 Å². The van der Waals surface area contributed by atoms with Gasteiger partial charge in [0.15, 0.2) is 0 Å². The molecule has 1 atom stereocenters. The summed E-state index contributed by atoms with van der Waals surface area (Å²) in [4.78, 5) is 4.27. The number of aryl methyl sites for hydroxylation is 1. The summed E-state index contributed by atoms with van der Waals surface area (Å²) in [6.07, 6.45) is 4.03. The Bertz CT molecular complexity index is 462. The fraction of sp³-hybridized carbons (Fsp3) is 0.273. The number of rotatable bonds is 4. The SMILES string of the molecule is Cn1ncc(Cl)c1C(Cc1ccccn1)NN. The molecule has 1 unspecified atom stereocenters. The van der Waals surface area contributed by atoms with Crippen LogP contribution >= 0.6 is 11.6 Å². The number of aromatic nitrogens is 3. The summed E-state index contributed by atoms with van der Waals surface area (Å²) in [5, 5.41) is 4.70. The minimum atomic E-state index is -0.107. The normalized spacial score (nSPS) is 12.6. The molecule has 0 aliphatic carbocycles. The van der Waals surface area contributed by atoms with Crippen molar-refractivity contribution in [3.05, 3.63) is 47.0 Å². The van der Waals surface area contributed by atoms with Crippen molar-refractivity contribution >= 4 is 11.6 Å². The maximum absolute atomic E-state index is 6.09. The van der Waals surface area contributed by atoms with Crippen LogP contribution in [-0.2, 0) is 13.5 Å². The molecule has 0 saturated carbocycles. The zero-order valence-electron chi connectivity index (χ0n) is 9.47. The van der Waals surface area contributed by atoms with Crippen molar-refractivity contribution in [2.45, 2.75) is 12.5 Å². The van der Waals surface area contributed by atoms with Gasteiger partial charge < -0.3 is 0 Å². The van der Waals surface area contributed by atoms with Gasteiger partial charge in [0.05, 0.1) is 23.0 Å². The molecule has 0 saturated heterocycles. The molecule has 3 N–H and O–H groups in total. The van der Waals surface area contributed by atoms with Crippen LogP contribution in [0.2, 0.25) is 5.02 Å². The third kappa shape index (κ3) is 2.63. The second kappa shape index (κ2) is 5.27. The van der Waals surface area contributed by atoms with Crippen LogP contribution in [0.3, 0.4) is 0 Å². The summed E-state index contributed by atoms with van der Waals surface area (Å²) in [5.41, 5.74) is 4.56. The van der Waals surface area contributed by atoms with Crippen molar-refractivity contribution in [2.24, 2.45) is 12.9 Å². The molecule has 90 valence electrons. The number of hydrogen-bond donors (Lipinski definition) is 2. The maximum Gasteiger partial charge on any atom is 0.0834 e. The summed E-state index contributed by atoms with van der Waals surface area (Å²) >= 11 is 6.09. The minimum Gasteiger partial charge on any atom is -0.271 e. The lowest BCUT2D eigenvalue weighted by Crippen LogP contribution is -2.31. The lowest BCUT2D eigenvalue weighted by atomic mass is 10.1. The van der Waals surface area contributed by atoms with E-state index in [0.29, 0.717) is 11.4 Å². The molecule has 2 aromatic heterocycles. The van der Waals surface area contributed by atoms with E-state index in [4.69, 9.17) is 17.4 Å². The van der Waals surface area contributed by atoms with E-state index < -0.39 is 0 Å². The Balaban J connectivity index is 2.23. The number of nitrogens with one attached hydrogen (secondary N) is 1. The molecule has 0 fully saturated rings. The van der Waals surface area contributed by atoms with Gasteiger partial charge in [-0.25, -0.2) is 0 Å². The van der Waals surface area contributed by atoms with Crippen molar-refractivity contribution < 1.29 is 0 Å². The lowest BCUT2D eigenvalue weighted by molar-refractivity contribution is 0.504. The van der Waals surface area contributed by atoms with Gasteiger partial charge in [-0.1, -0.05) is 17.7 Å². The average Bonchev–Trinajstić information content (AvgIpc) is 2.68. The molecule has 2 heterocycles. The molecule has 0 bridgehead atoms. The number of halogens is 1. The van der Waals surface area contributed by atoms with Crippen LogP contribution in [0.5, 0.6) is 0 Å². The number of nitrogens with two attached hydrogens (primary N) is 1. The summed E-state index contributed by atoms with van der Waals surface area (Å²) in [5.74, 6) is 5.57. The Morgan fingerprint density at radius 1 is 1.53 bits per heavy atom. The molecular formula is C11H14ClN5. The van der Waals surface area contributed by atoms with E-state index in [1.807, 2.05) is 25.2 Å². The number of hydrogen-bond acceptors (Lipinski definition) is 4. The molecule has 0 aliphatic rings. The van der Waals surface area contributed by atoms with Gasteiger partial charge in [0.1, 0.15) is 0 Å². The van der Waals surface area contributed by atoms with Gasteiger partial charge in [-0.2, -0.15) is 5.10 Å². The second-order valence-corrected chi connectivity index (χ2v) is 4.15. The van der Waals surface area contributed by atoms with E-state index in [1.54, 1.807) is 17.1 Å². The Morgan fingerprint density at radius 2 is 2.35 bits per heavy atom. The second-order valence-electron chi connectivity index (χ2n) is 3.75. The van der Waals surface area contributed by atoms with Gasteiger partial charge in [-0.3, -0.25) is 20.9 Å². The van der Waals surface area contributed by atoms with Gasteiger partial charge in [-0.05, 0) is 12.1 Å². The van der Waals surface area contributed by atoms with Crippen LogP contribution in [0.25, 0.3) is 0 Å². The maximum atomic E-state index is 6.09. The molecular weight excluding hydrogens is 238 g/mol. The Hall–Kier alpha value is -1.43. The van der Waals surface area contributed by atoms with Gasteiger partial charge in [0.25, 0.3) is 0 Å². The zero-order valence-corrected chi connectivity index (χ0v) is 10.2. The molecule has 0 spiro atoms. The number of hydrazine groups is 1. The topological polar surface area (TPSA) is 68.8 Å². The van der Waals surface area contributed by atoms with Crippen LogP contribution in [0.15, 0.2) is 30.6 Å². The molecule has 2 rings (SSSR count). The van der Waals surface area contributed by atoms with Crippen LogP contribution in [0.1, 0.15) is 17.4 Å². The van der Waals surface area contributed by atoms with E-state index in [1.165, 1.54) is 0 Å². The van der Waals surface area contributed by atoms with E-state index in [-0.39, 0.29) is 6.04 Å². The van der Waals surface area contributed by atoms with E-state index >= 15 is 0 Å². The lowest BCUT2D eigenvalue weighted by Gasteiger charge is -2.16. The Kier molecular flexibility index (Phi) is 3.73. The molecule has 0 radical (unpaired) electrons. The van der Waals surface area contributed by atoms with Crippen molar-refractivity contribution in [3.63, 3.8) is 0 Å². The molecule has 0 amide bonds. The van der Waals surface area contributed by atoms with Gasteiger partial charge in [0, 0.05) is 25.4 Å². The standard InChI is InChI=1S/C11H14ClN5/c1-17-11(9(12)7-15-17)10(16-13)6-8-4-2-3-5-14-8/h2-5,7,10,16H,6,13H2,1H3. The fourth-order valence-corrected chi connectivity index (χ4v) is 2.07. The smallest absolute Gasteiger partial charge is 0.0834 e. The predicted molar refractivity (Wildman–Crippen MR) is 66.2 cm³/mol. The first-order valence-corrected chi connectivity index (χ1v) is 5.63. The van der Waals surface area contributed by atoms with Gasteiger partial charge >= 0.3 is 0 Å². The summed E-state index contributed by atoms with van der Waals surface area (Å²) in [6, 6.07) is 5.67. The van der Waals surface area contributed by atoms with Crippen LogP contribution in [0, 0.1) is 0 Å². The minimum absolute atomic E-state index is 0.107. The van der Waals surface area contributed by atoms with Crippen molar-refractivity contribution in [1.82, 2.24) is 20.2 Å². The third-order valence-corrected chi connectivity index (χ3v) is 2.90. The molecule has 17 heavy (non-hydrogen) atoms. The predicted octanol–water partition coefficient (Wildman–Crippen LogP) is 1.22. The highest BCUT2D eigenvalue weighted by molar-refractivity contribution is 6.31.